The fourth-order valence-corrected chi connectivity index (χ4v) is 1.75. The van der Waals surface area contributed by atoms with Crippen LogP contribution in [0.25, 0.3) is 0 Å². The molecule has 1 atom stereocenters. The molecule has 0 aliphatic carbocycles. The van der Waals surface area contributed by atoms with Crippen molar-refractivity contribution in [2.45, 2.75) is 18.2 Å². The highest BCUT2D eigenvalue weighted by Gasteiger charge is 2.04. The minimum Gasteiger partial charge on any atom is -0.378 e. The monoisotopic (exact) mass is 223 g/mol. The summed E-state index contributed by atoms with van der Waals surface area (Å²) in [6.45, 7) is 3.69. The SMILES string of the molecule is C=CCC(Cl)Cc1ccc(N(C)C)cc1. The second kappa shape index (κ2) is 5.82. The molecular formula is C13H18ClN. The Morgan fingerprint density at radius 2 is 1.93 bits per heavy atom. The number of rotatable bonds is 5. The molecule has 0 spiro atoms. The van der Waals surface area contributed by atoms with Gasteiger partial charge in [-0.05, 0) is 30.5 Å². The van der Waals surface area contributed by atoms with E-state index >= 15 is 0 Å². The number of allylic oxidation sites excluding steroid dienone is 1. The molecule has 0 fully saturated rings. The Balaban J connectivity index is 2.60. The Bertz CT molecular complexity index is 303. The Morgan fingerprint density at radius 1 is 1.33 bits per heavy atom. The molecule has 82 valence electrons. The quantitative estimate of drug-likeness (QED) is 0.546. The Labute approximate surface area is 97.4 Å². The van der Waals surface area contributed by atoms with Gasteiger partial charge in [-0.1, -0.05) is 18.2 Å². The third-order valence-corrected chi connectivity index (χ3v) is 2.66. The van der Waals surface area contributed by atoms with Gasteiger partial charge in [0.2, 0.25) is 0 Å². The highest BCUT2D eigenvalue weighted by Crippen LogP contribution is 2.16. The Kier molecular flexibility index (Phi) is 4.70. The number of hydrogen-bond donors (Lipinski definition) is 0. The predicted molar refractivity (Wildman–Crippen MR) is 68.9 cm³/mol. The first kappa shape index (κ1) is 12.1. The largest absolute Gasteiger partial charge is 0.378 e. The Morgan fingerprint density at radius 3 is 2.40 bits per heavy atom. The first-order chi connectivity index (χ1) is 7.13. The van der Waals surface area contributed by atoms with Crippen LogP contribution in [0.15, 0.2) is 36.9 Å². The lowest BCUT2D eigenvalue weighted by atomic mass is 10.1. The molecule has 0 amide bonds. The van der Waals surface area contributed by atoms with Crippen LogP contribution >= 0.6 is 11.6 Å². The van der Waals surface area contributed by atoms with Crippen molar-refractivity contribution < 1.29 is 0 Å². The molecule has 0 aromatic heterocycles. The van der Waals surface area contributed by atoms with Crippen molar-refractivity contribution in [3.8, 4) is 0 Å². The van der Waals surface area contributed by atoms with E-state index < -0.39 is 0 Å². The van der Waals surface area contributed by atoms with Gasteiger partial charge in [0.1, 0.15) is 0 Å². The third-order valence-electron chi connectivity index (χ3n) is 2.33. The van der Waals surface area contributed by atoms with E-state index in [0.29, 0.717) is 0 Å². The minimum atomic E-state index is 0.160. The average Bonchev–Trinajstić information content (AvgIpc) is 2.18. The first-order valence-electron chi connectivity index (χ1n) is 5.14. The smallest absolute Gasteiger partial charge is 0.0410 e. The van der Waals surface area contributed by atoms with E-state index in [1.54, 1.807) is 0 Å². The van der Waals surface area contributed by atoms with E-state index in [1.165, 1.54) is 11.3 Å². The summed E-state index contributed by atoms with van der Waals surface area (Å²) < 4.78 is 0. The number of anilines is 1. The highest BCUT2D eigenvalue weighted by molar-refractivity contribution is 6.20. The van der Waals surface area contributed by atoms with Crippen LogP contribution in [0.4, 0.5) is 5.69 Å². The van der Waals surface area contributed by atoms with Crippen molar-refractivity contribution in [3.05, 3.63) is 42.5 Å². The molecule has 1 nitrogen and oxygen atoms in total. The van der Waals surface area contributed by atoms with Crippen LogP contribution in [-0.4, -0.2) is 19.5 Å². The zero-order valence-electron chi connectivity index (χ0n) is 9.41. The van der Waals surface area contributed by atoms with Crippen LogP contribution in [0.5, 0.6) is 0 Å². The molecule has 1 aromatic carbocycles. The van der Waals surface area contributed by atoms with Crippen LogP contribution in [-0.2, 0) is 6.42 Å². The summed E-state index contributed by atoms with van der Waals surface area (Å²) in [6, 6.07) is 8.50. The number of hydrogen-bond acceptors (Lipinski definition) is 1. The molecule has 0 aliphatic heterocycles. The van der Waals surface area contributed by atoms with Gasteiger partial charge < -0.3 is 4.90 Å². The lowest BCUT2D eigenvalue weighted by Gasteiger charge is -2.13. The first-order valence-corrected chi connectivity index (χ1v) is 5.58. The lowest BCUT2D eigenvalue weighted by Crippen LogP contribution is -2.08. The lowest BCUT2D eigenvalue weighted by molar-refractivity contribution is 0.854. The van der Waals surface area contributed by atoms with Gasteiger partial charge in [-0.15, -0.1) is 18.2 Å². The van der Waals surface area contributed by atoms with Gasteiger partial charge in [0.25, 0.3) is 0 Å². The summed E-state index contributed by atoms with van der Waals surface area (Å²) in [7, 11) is 4.08. The second-order valence-corrected chi connectivity index (χ2v) is 4.50. The zero-order valence-corrected chi connectivity index (χ0v) is 10.2. The van der Waals surface area contributed by atoms with Crippen LogP contribution in [0.1, 0.15) is 12.0 Å². The number of halogens is 1. The van der Waals surface area contributed by atoms with E-state index in [-0.39, 0.29) is 5.38 Å². The van der Waals surface area contributed by atoms with Crippen molar-refractivity contribution >= 4 is 17.3 Å². The van der Waals surface area contributed by atoms with Crippen molar-refractivity contribution in [1.82, 2.24) is 0 Å². The second-order valence-electron chi connectivity index (χ2n) is 3.89. The van der Waals surface area contributed by atoms with Gasteiger partial charge in [-0.2, -0.15) is 0 Å². The summed E-state index contributed by atoms with van der Waals surface area (Å²) in [5.41, 5.74) is 2.50. The summed E-state index contributed by atoms with van der Waals surface area (Å²) in [4.78, 5) is 2.09. The van der Waals surface area contributed by atoms with Gasteiger partial charge in [0.05, 0.1) is 0 Å². The maximum absolute atomic E-state index is 6.14. The van der Waals surface area contributed by atoms with Crippen molar-refractivity contribution in [2.24, 2.45) is 0 Å². The van der Waals surface area contributed by atoms with Crippen molar-refractivity contribution in [2.75, 3.05) is 19.0 Å². The van der Waals surface area contributed by atoms with Gasteiger partial charge >= 0.3 is 0 Å². The van der Waals surface area contributed by atoms with E-state index in [1.807, 2.05) is 20.2 Å². The molecule has 15 heavy (non-hydrogen) atoms. The summed E-state index contributed by atoms with van der Waals surface area (Å²) >= 11 is 6.14. The van der Waals surface area contributed by atoms with E-state index in [0.717, 1.165) is 12.8 Å². The third kappa shape index (κ3) is 3.96. The molecule has 1 rings (SSSR count). The van der Waals surface area contributed by atoms with Gasteiger partial charge in [-0.3, -0.25) is 0 Å². The van der Waals surface area contributed by atoms with E-state index in [9.17, 15) is 0 Å². The minimum absolute atomic E-state index is 0.160. The van der Waals surface area contributed by atoms with Crippen LogP contribution < -0.4 is 4.90 Å². The molecule has 0 N–H and O–H groups in total. The highest BCUT2D eigenvalue weighted by atomic mass is 35.5. The van der Waals surface area contributed by atoms with E-state index in [4.69, 9.17) is 11.6 Å². The summed E-state index contributed by atoms with van der Waals surface area (Å²) in [5.74, 6) is 0. The predicted octanol–water partition coefficient (Wildman–Crippen LogP) is 3.48. The van der Waals surface area contributed by atoms with Crippen LogP contribution in [0.2, 0.25) is 0 Å². The van der Waals surface area contributed by atoms with Gasteiger partial charge in [0.15, 0.2) is 0 Å². The fraction of sp³-hybridized carbons (Fsp3) is 0.385. The standard InChI is InChI=1S/C13H18ClN/c1-4-5-12(14)10-11-6-8-13(9-7-11)15(2)3/h4,6-9,12H,1,5,10H2,2-3H3. The van der Waals surface area contributed by atoms with Crippen LogP contribution in [0.3, 0.4) is 0 Å². The number of benzene rings is 1. The molecule has 2 heteroatoms. The Hall–Kier alpha value is -0.950. The molecule has 0 saturated heterocycles. The average molecular weight is 224 g/mol. The normalized spacial score (nSPS) is 12.2. The molecule has 0 bridgehead atoms. The van der Waals surface area contributed by atoms with Gasteiger partial charge in [-0.25, -0.2) is 0 Å². The molecular weight excluding hydrogens is 206 g/mol. The fourth-order valence-electron chi connectivity index (χ4n) is 1.45. The molecule has 1 unspecified atom stereocenters. The summed E-state index contributed by atoms with van der Waals surface area (Å²) in [6.07, 6.45) is 3.63. The van der Waals surface area contributed by atoms with Gasteiger partial charge in [0, 0.05) is 25.2 Å². The van der Waals surface area contributed by atoms with Crippen LogP contribution in [0, 0.1) is 0 Å². The van der Waals surface area contributed by atoms with Crippen molar-refractivity contribution in [3.63, 3.8) is 0 Å². The van der Waals surface area contributed by atoms with E-state index in [2.05, 4.69) is 35.7 Å². The molecule has 0 heterocycles. The number of alkyl halides is 1. The topological polar surface area (TPSA) is 3.24 Å². The molecule has 1 aromatic rings. The molecule has 0 saturated carbocycles. The maximum atomic E-state index is 6.14. The number of nitrogens with zero attached hydrogens (tertiary/aromatic N) is 1. The summed E-state index contributed by atoms with van der Waals surface area (Å²) in [5, 5.41) is 0.160. The maximum Gasteiger partial charge on any atom is 0.0410 e. The molecule has 0 aliphatic rings. The zero-order chi connectivity index (χ0) is 11.3. The van der Waals surface area contributed by atoms with Crippen molar-refractivity contribution in [1.29, 1.82) is 0 Å². The molecule has 0 radical (unpaired) electrons.